The lowest BCUT2D eigenvalue weighted by Crippen LogP contribution is -2.18. The summed E-state index contributed by atoms with van der Waals surface area (Å²) in [6.07, 6.45) is 3.55. The Morgan fingerprint density at radius 2 is 2.17 bits per heavy atom. The molecule has 0 unspecified atom stereocenters. The Morgan fingerprint density at radius 3 is 2.78 bits per heavy atom. The molecule has 0 saturated heterocycles. The van der Waals surface area contributed by atoms with Crippen molar-refractivity contribution in [3.05, 3.63) is 6.07 Å². The number of nitrogens with two attached hydrogens (primary N) is 1. The molecule has 0 radical (unpaired) electrons. The van der Waals surface area contributed by atoms with E-state index in [2.05, 4.69) is 15.3 Å². The van der Waals surface area contributed by atoms with E-state index in [0.29, 0.717) is 17.1 Å². The van der Waals surface area contributed by atoms with Crippen LogP contribution in [0.4, 0.5) is 11.8 Å². The van der Waals surface area contributed by atoms with Crippen molar-refractivity contribution in [2.45, 2.75) is 19.3 Å². The lowest BCUT2D eigenvalue weighted by atomic mass is 10.0. The largest absolute Gasteiger partial charge is 0.481 e. The molecule has 0 aliphatic heterocycles. The molecule has 1 aromatic heterocycles. The summed E-state index contributed by atoms with van der Waals surface area (Å²) >= 11 is 0. The van der Waals surface area contributed by atoms with Gasteiger partial charge in [0.05, 0.1) is 7.11 Å². The first-order valence-electron chi connectivity index (χ1n) is 6.09. The quantitative estimate of drug-likeness (QED) is 0.761. The molecule has 1 aliphatic carbocycles. The third-order valence-electron chi connectivity index (χ3n) is 3.37. The predicted molar refractivity (Wildman–Crippen MR) is 69.6 cm³/mol. The van der Waals surface area contributed by atoms with Crippen LogP contribution in [0.15, 0.2) is 6.07 Å². The molecule has 1 aliphatic rings. The van der Waals surface area contributed by atoms with Gasteiger partial charge in [0.15, 0.2) is 0 Å². The number of hydrogen-bond donors (Lipinski definition) is 2. The molecule has 1 heterocycles. The van der Waals surface area contributed by atoms with Gasteiger partial charge in [0, 0.05) is 26.3 Å². The number of rotatable bonds is 7. The molecule has 0 amide bonds. The normalized spacial score (nSPS) is 16.3. The van der Waals surface area contributed by atoms with E-state index in [-0.39, 0.29) is 5.95 Å². The maximum atomic E-state index is 5.61. The second-order valence-electron chi connectivity index (χ2n) is 4.75. The van der Waals surface area contributed by atoms with Crippen molar-refractivity contribution in [1.29, 1.82) is 0 Å². The summed E-state index contributed by atoms with van der Waals surface area (Å²) in [7, 11) is 3.30. The summed E-state index contributed by atoms with van der Waals surface area (Å²) in [5, 5.41) is 3.31. The molecule has 100 valence electrons. The van der Waals surface area contributed by atoms with Gasteiger partial charge in [-0.1, -0.05) is 0 Å². The van der Waals surface area contributed by atoms with E-state index < -0.39 is 0 Å². The highest BCUT2D eigenvalue weighted by Gasteiger charge is 2.41. The van der Waals surface area contributed by atoms with Gasteiger partial charge in [0.1, 0.15) is 5.82 Å². The minimum Gasteiger partial charge on any atom is -0.481 e. The predicted octanol–water partition coefficient (Wildman–Crippen LogP) is 1.30. The lowest BCUT2D eigenvalue weighted by molar-refractivity contribution is 0.175. The molecule has 6 heteroatoms. The van der Waals surface area contributed by atoms with E-state index in [1.165, 1.54) is 12.8 Å². The fourth-order valence-corrected chi connectivity index (χ4v) is 1.93. The topological polar surface area (TPSA) is 82.3 Å². The Balaban J connectivity index is 1.92. The highest BCUT2D eigenvalue weighted by atomic mass is 16.5. The molecule has 0 aromatic carbocycles. The van der Waals surface area contributed by atoms with Gasteiger partial charge in [-0.3, -0.25) is 0 Å². The molecular formula is C12H20N4O2. The average molecular weight is 252 g/mol. The van der Waals surface area contributed by atoms with Crippen LogP contribution >= 0.6 is 0 Å². The molecule has 0 atom stereocenters. The minimum atomic E-state index is 0.221. The standard InChI is InChI=1S/C12H20N4O2/c1-17-6-5-12(3-4-12)8-14-9-7-10(18-2)16-11(13)15-9/h7H,3-6,8H2,1-2H3,(H3,13,14,15,16). The number of methoxy groups -OCH3 is 2. The van der Waals surface area contributed by atoms with Crippen molar-refractivity contribution in [1.82, 2.24) is 9.97 Å². The van der Waals surface area contributed by atoms with Gasteiger partial charge in [0.2, 0.25) is 11.8 Å². The second-order valence-corrected chi connectivity index (χ2v) is 4.75. The smallest absolute Gasteiger partial charge is 0.225 e. The second kappa shape index (κ2) is 5.39. The van der Waals surface area contributed by atoms with Gasteiger partial charge in [-0.15, -0.1) is 0 Å². The maximum absolute atomic E-state index is 5.61. The van der Waals surface area contributed by atoms with Crippen LogP contribution in [0.1, 0.15) is 19.3 Å². The number of aromatic nitrogens is 2. The third-order valence-corrected chi connectivity index (χ3v) is 3.37. The van der Waals surface area contributed by atoms with Crippen LogP contribution in [0.25, 0.3) is 0 Å². The fourth-order valence-electron chi connectivity index (χ4n) is 1.93. The number of anilines is 2. The molecule has 6 nitrogen and oxygen atoms in total. The highest BCUT2D eigenvalue weighted by Crippen LogP contribution is 2.48. The van der Waals surface area contributed by atoms with Crippen LogP contribution in [0.5, 0.6) is 5.88 Å². The summed E-state index contributed by atoms with van der Waals surface area (Å²) in [6, 6.07) is 1.75. The zero-order valence-corrected chi connectivity index (χ0v) is 10.9. The van der Waals surface area contributed by atoms with Gasteiger partial charge in [0.25, 0.3) is 0 Å². The monoisotopic (exact) mass is 252 g/mol. The van der Waals surface area contributed by atoms with Crippen LogP contribution in [-0.4, -0.2) is 37.3 Å². The van der Waals surface area contributed by atoms with E-state index in [0.717, 1.165) is 19.6 Å². The van der Waals surface area contributed by atoms with Crippen molar-refractivity contribution in [3.8, 4) is 5.88 Å². The summed E-state index contributed by atoms with van der Waals surface area (Å²) in [4.78, 5) is 8.08. The van der Waals surface area contributed by atoms with Crippen LogP contribution < -0.4 is 15.8 Å². The first kappa shape index (κ1) is 12.9. The molecule has 18 heavy (non-hydrogen) atoms. The molecule has 0 spiro atoms. The maximum Gasteiger partial charge on any atom is 0.225 e. The highest BCUT2D eigenvalue weighted by molar-refractivity contribution is 5.43. The Bertz CT molecular complexity index is 407. The van der Waals surface area contributed by atoms with Crippen LogP contribution in [0.3, 0.4) is 0 Å². The molecule has 3 N–H and O–H groups in total. The van der Waals surface area contributed by atoms with Gasteiger partial charge in [-0.05, 0) is 24.7 Å². The van der Waals surface area contributed by atoms with E-state index in [9.17, 15) is 0 Å². The van der Waals surface area contributed by atoms with Gasteiger partial charge in [-0.2, -0.15) is 9.97 Å². The number of hydrogen-bond acceptors (Lipinski definition) is 6. The van der Waals surface area contributed by atoms with E-state index in [1.807, 2.05) is 0 Å². The fraction of sp³-hybridized carbons (Fsp3) is 0.667. The van der Waals surface area contributed by atoms with Crippen LogP contribution in [-0.2, 0) is 4.74 Å². The van der Waals surface area contributed by atoms with Crippen molar-refractivity contribution in [2.24, 2.45) is 5.41 Å². The summed E-state index contributed by atoms with van der Waals surface area (Å²) in [5.41, 5.74) is 5.97. The SMILES string of the molecule is COCCC1(CNc2cc(OC)nc(N)n2)CC1. The van der Waals surface area contributed by atoms with Gasteiger partial charge >= 0.3 is 0 Å². The van der Waals surface area contributed by atoms with Crippen molar-refractivity contribution in [3.63, 3.8) is 0 Å². The Hall–Kier alpha value is -1.56. The number of nitrogens with one attached hydrogen (secondary N) is 1. The van der Waals surface area contributed by atoms with Crippen molar-refractivity contribution < 1.29 is 9.47 Å². The first-order chi connectivity index (χ1) is 8.67. The minimum absolute atomic E-state index is 0.221. The van der Waals surface area contributed by atoms with Gasteiger partial charge < -0.3 is 20.5 Å². The molecular weight excluding hydrogens is 232 g/mol. The zero-order chi connectivity index (χ0) is 13.0. The van der Waals surface area contributed by atoms with Crippen LogP contribution in [0, 0.1) is 5.41 Å². The molecule has 2 rings (SSSR count). The summed E-state index contributed by atoms with van der Waals surface area (Å²) in [5.74, 6) is 1.41. The third kappa shape index (κ3) is 3.22. The number of nitrogen functional groups attached to an aromatic ring is 1. The van der Waals surface area contributed by atoms with E-state index in [4.69, 9.17) is 15.2 Å². The van der Waals surface area contributed by atoms with Crippen molar-refractivity contribution in [2.75, 3.05) is 38.4 Å². The van der Waals surface area contributed by atoms with Crippen LogP contribution in [0.2, 0.25) is 0 Å². The summed E-state index contributed by atoms with van der Waals surface area (Å²) in [6.45, 7) is 1.69. The Morgan fingerprint density at radius 1 is 1.39 bits per heavy atom. The molecule has 1 saturated carbocycles. The van der Waals surface area contributed by atoms with E-state index in [1.54, 1.807) is 20.3 Å². The van der Waals surface area contributed by atoms with E-state index >= 15 is 0 Å². The number of nitrogens with zero attached hydrogens (tertiary/aromatic N) is 2. The zero-order valence-electron chi connectivity index (χ0n) is 10.9. The Labute approximate surface area is 107 Å². The lowest BCUT2D eigenvalue weighted by Gasteiger charge is -2.16. The number of ether oxygens (including phenoxy) is 2. The van der Waals surface area contributed by atoms with Gasteiger partial charge in [-0.25, -0.2) is 0 Å². The average Bonchev–Trinajstić information content (AvgIpc) is 3.14. The summed E-state index contributed by atoms with van der Waals surface area (Å²) < 4.78 is 10.2. The molecule has 0 bridgehead atoms. The molecule has 1 aromatic rings. The van der Waals surface area contributed by atoms with Crippen molar-refractivity contribution >= 4 is 11.8 Å². The Kier molecular flexibility index (Phi) is 3.86. The first-order valence-corrected chi connectivity index (χ1v) is 6.09. The molecule has 1 fully saturated rings.